The van der Waals surface area contributed by atoms with E-state index in [1.807, 2.05) is 32.1 Å². The number of imide groups is 1. The van der Waals surface area contributed by atoms with Crippen molar-refractivity contribution in [2.75, 3.05) is 4.90 Å². The smallest absolute Gasteiger partial charge is 0.488 e. The lowest BCUT2D eigenvalue weighted by Crippen LogP contribution is -2.46. The Morgan fingerprint density at radius 1 is 1.13 bits per heavy atom. The molecule has 2 amide bonds. The lowest BCUT2D eigenvalue weighted by atomic mass is 9.59. The van der Waals surface area contributed by atoms with Crippen LogP contribution in [0, 0.1) is 17.8 Å². The second-order valence-corrected chi connectivity index (χ2v) is 10.6. The number of allylic oxidation sites excluding steroid dienone is 2. The number of nitrogens with zero attached hydrogens (tertiary/aromatic N) is 1. The Morgan fingerprint density at radius 3 is 2.58 bits per heavy atom. The quantitative estimate of drug-likeness (QED) is 0.264. The van der Waals surface area contributed by atoms with Gasteiger partial charge in [0.25, 0.3) is 0 Å². The zero-order valence-corrected chi connectivity index (χ0v) is 21.4. The molecule has 0 aromatic heterocycles. The van der Waals surface area contributed by atoms with Crippen molar-refractivity contribution in [1.29, 1.82) is 0 Å². The summed E-state index contributed by atoms with van der Waals surface area (Å²) in [6.45, 7) is 4.01. The first-order chi connectivity index (χ1) is 18.1. The van der Waals surface area contributed by atoms with Crippen molar-refractivity contribution < 1.29 is 34.4 Å². The van der Waals surface area contributed by atoms with Crippen molar-refractivity contribution in [3.05, 3.63) is 70.8 Å². The summed E-state index contributed by atoms with van der Waals surface area (Å²) in [5.74, 6) is -1.84. The van der Waals surface area contributed by atoms with E-state index in [1.165, 1.54) is 17.0 Å². The molecular weight excluding hydrogens is 484 g/mol. The van der Waals surface area contributed by atoms with Gasteiger partial charge in [0, 0.05) is 0 Å². The molecular formula is C28H31B2NO7. The van der Waals surface area contributed by atoms with E-state index >= 15 is 0 Å². The van der Waals surface area contributed by atoms with Gasteiger partial charge in [0.1, 0.15) is 5.75 Å². The molecule has 38 heavy (non-hydrogen) atoms. The fourth-order valence-electron chi connectivity index (χ4n) is 6.29. The molecule has 0 saturated carbocycles. The highest BCUT2D eigenvalue weighted by atomic mass is 16.5. The largest absolute Gasteiger partial charge is 0.508 e. The van der Waals surface area contributed by atoms with Crippen molar-refractivity contribution in [2.24, 2.45) is 17.8 Å². The van der Waals surface area contributed by atoms with Gasteiger partial charge in [-0.2, -0.15) is 0 Å². The van der Waals surface area contributed by atoms with Crippen LogP contribution in [0.5, 0.6) is 5.75 Å². The predicted octanol–water partition coefficient (Wildman–Crippen LogP) is 2.28. The van der Waals surface area contributed by atoms with Crippen molar-refractivity contribution in [1.82, 2.24) is 0 Å². The maximum absolute atomic E-state index is 13.7. The standard InChI is InChI=1S/C28H31B2NO7/c1-16(12-18-7-9-21(32)10-8-18)6-11-24-25-17(2)13-22-26(23(25)15-29(35)38-24)28(34)31(27(22)33)20-5-3-4-19(14-20)30(36)37/h3-5,7-10,12,14,22-24,26,32,35-37H,6,11,13,15H2,1-2H3/b16-12+/t22-,23+,24-,26-/m1/s1. The van der Waals surface area contributed by atoms with E-state index < -0.39 is 26.1 Å². The summed E-state index contributed by atoms with van der Waals surface area (Å²) in [5, 5.41) is 39.3. The Bertz CT molecular complexity index is 1310. The van der Waals surface area contributed by atoms with Crippen LogP contribution >= 0.6 is 0 Å². The molecule has 0 spiro atoms. The number of amides is 2. The summed E-state index contributed by atoms with van der Waals surface area (Å²) >= 11 is 0. The van der Waals surface area contributed by atoms with Crippen LogP contribution in [-0.2, 0) is 14.2 Å². The Kier molecular flexibility index (Phi) is 7.33. The highest BCUT2D eigenvalue weighted by molar-refractivity contribution is 6.58. The number of fused-ring (bicyclic) bond motifs is 3. The summed E-state index contributed by atoms with van der Waals surface area (Å²) in [6, 6.07) is 13.1. The first kappa shape index (κ1) is 26.4. The zero-order chi connectivity index (χ0) is 27.1. The first-order valence-corrected chi connectivity index (χ1v) is 13.0. The number of hydrogen-bond acceptors (Lipinski definition) is 7. The molecule has 196 valence electrons. The molecule has 8 nitrogen and oxygen atoms in total. The van der Waals surface area contributed by atoms with Crippen LogP contribution in [0.25, 0.3) is 6.08 Å². The molecule has 2 fully saturated rings. The second kappa shape index (κ2) is 10.5. The highest BCUT2D eigenvalue weighted by Gasteiger charge is 2.57. The number of anilines is 1. The minimum absolute atomic E-state index is 0.199. The summed E-state index contributed by atoms with van der Waals surface area (Å²) in [4.78, 5) is 28.3. The number of carbonyl (C=O) groups excluding carboxylic acids is 2. The third kappa shape index (κ3) is 4.97. The fraction of sp³-hybridized carbons (Fsp3) is 0.357. The normalized spacial score (nSPS) is 25.6. The van der Waals surface area contributed by atoms with Gasteiger partial charge in [-0.15, -0.1) is 0 Å². The molecule has 0 bridgehead atoms. The lowest BCUT2D eigenvalue weighted by molar-refractivity contribution is -0.122. The van der Waals surface area contributed by atoms with Gasteiger partial charge in [-0.1, -0.05) is 41.5 Å². The van der Waals surface area contributed by atoms with Gasteiger partial charge in [-0.3, -0.25) is 14.5 Å². The predicted molar refractivity (Wildman–Crippen MR) is 145 cm³/mol. The van der Waals surface area contributed by atoms with E-state index in [1.54, 1.807) is 24.3 Å². The second-order valence-electron chi connectivity index (χ2n) is 10.6. The number of benzene rings is 2. The molecule has 2 saturated heterocycles. The van der Waals surface area contributed by atoms with Gasteiger partial charge in [-0.05, 0) is 86.2 Å². The van der Waals surface area contributed by atoms with E-state index in [9.17, 15) is 29.8 Å². The lowest BCUT2D eigenvalue weighted by Gasteiger charge is -2.42. The highest BCUT2D eigenvalue weighted by Crippen LogP contribution is 2.51. The van der Waals surface area contributed by atoms with Crippen LogP contribution in [-0.4, -0.2) is 52.3 Å². The number of rotatable bonds is 6. The Morgan fingerprint density at radius 2 is 1.87 bits per heavy atom. The molecule has 2 aromatic rings. The maximum atomic E-state index is 13.7. The SMILES string of the molecule is CC1=C2[C@@H](CC/C(C)=C/c3ccc(O)cc3)OB(O)C[C@@H]2[C@@H]2C(=O)N(c3cccc(B(O)O)c3)C(=O)[C@@H]2C1. The van der Waals surface area contributed by atoms with Crippen LogP contribution in [0.2, 0.25) is 6.32 Å². The van der Waals surface area contributed by atoms with Crippen molar-refractivity contribution in [3.63, 3.8) is 0 Å². The molecule has 0 radical (unpaired) electrons. The monoisotopic (exact) mass is 515 g/mol. The van der Waals surface area contributed by atoms with Gasteiger partial charge in [0.2, 0.25) is 11.8 Å². The van der Waals surface area contributed by atoms with Gasteiger partial charge in [-0.25, -0.2) is 0 Å². The van der Waals surface area contributed by atoms with E-state index in [2.05, 4.69) is 0 Å². The topological polar surface area (TPSA) is 128 Å². The van der Waals surface area contributed by atoms with Crippen LogP contribution in [0.15, 0.2) is 65.3 Å². The summed E-state index contributed by atoms with van der Waals surface area (Å²) in [5.41, 5.74) is 4.65. The number of hydrogen-bond donors (Lipinski definition) is 4. The maximum Gasteiger partial charge on any atom is 0.488 e. The van der Waals surface area contributed by atoms with E-state index in [-0.39, 0.29) is 41.4 Å². The third-order valence-electron chi connectivity index (χ3n) is 7.99. The molecule has 0 unspecified atom stereocenters. The molecule has 2 aliphatic heterocycles. The van der Waals surface area contributed by atoms with Gasteiger partial charge >= 0.3 is 14.2 Å². The van der Waals surface area contributed by atoms with Crippen LogP contribution < -0.4 is 10.4 Å². The first-order valence-electron chi connectivity index (χ1n) is 13.0. The zero-order valence-electron chi connectivity index (χ0n) is 21.4. The Labute approximate surface area is 222 Å². The molecule has 2 heterocycles. The third-order valence-corrected chi connectivity index (χ3v) is 7.99. The average molecular weight is 515 g/mol. The van der Waals surface area contributed by atoms with E-state index in [4.69, 9.17) is 4.65 Å². The van der Waals surface area contributed by atoms with Crippen LogP contribution in [0.4, 0.5) is 5.69 Å². The number of phenolic OH excluding ortho intramolecular Hbond substituents is 1. The molecule has 1 aliphatic carbocycles. The number of carbonyl (C=O) groups is 2. The molecule has 4 N–H and O–H groups in total. The van der Waals surface area contributed by atoms with E-state index in [0.717, 1.165) is 22.3 Å². The van der Waals surface area contributed by atoms with E-state index in [0.29, 0.717) is 24.9 Å². The number of phenols is 1. The molecule has 2 aromatic carbocycles. The molecule has 10 heteroatoms. The summed E-state index contributed by atoms with van der Waals surface area (Å²) in [6.07, 6.45) is 3.71. The minimum atomic E-state index is -1.71. The van der Waals surface area contributed by atoms with Crippen molar-refractivity contribution in [2.45, 2.75) is 45.5 Å². The minimum Gasteiger partial charge on any atom is -0.508 e. The average Bonchev–Trinajstić information content (AvgIpc) is 3.13. The number of aromatic hydroxyl groups is 1. The summed E-state index contributed by atoms with van der Waals surface area (Å²) < 4.78 is 5.98. The van der Waals surface area contributed by atoms with Crippen LogP contribution in [0.3, 0.4) is 0 Å². The van der Waals surface area contributed by atoms with Gasteiger partial charge < -0.3 is 24.8 Å². The summed E-state index contributed by atoms with van der Waals surface area (Å²) in [7, 11) is -2.75. The van der Waals surface area contributed by atoms with Crippen molar-refractivity contribution >= 4 is 43.3 Å². The van der Waals surface area contributed by atoms with Gasteiger partial charge in [0.05, 0.1) is 23.6 Å². The Balaban J connectivity index is 1.38. The van der Waals surface area contributed by atoms with Crippen LogP contribution in [0.1, 0.15) is 38.7 Å². The molecule has 5 rings (SSSR count). The molecule has 3 aliphatic rings. The van der Waals surface area contributed by atoms with Crippen molar-refractivity contribution in [3.8, 4) is 5.75 Å². The molecule has 4 atom stereocenters. The fourth-order valence-corrected chi connectivity index (χ4v) is 6.29. The Hall–Kier alpha value is -3.17. The van der Waals surface area contributed by atoms with Gasteiger partial charge in [0.15, 0.2) is 0 Å².